The zero-order valence-electron chi connectivity index (χ0n) is 11.9. The second kappa shape index (κ2) is 5.83. The number of benzene rings is 1. The van der Waals surface area contributed by atoms with E-state index in [2.05, 4.69) is 42.5 Å². The third-order valence-corrected chi connectivity index (χ3v) is 3.45. The van der Waals surface area contributed by atoms with Gasteiger partial charge >= 0.3 is 0 Å². The van der Waals surface area contributed by atoms with E-state index in [1.165, 1.54) is 11.1 Å². The minimum absolute atomic E-state index is 0.386. The van der Waals surface area contributed by atoms with E-state index in [4.69, 9.17) is 0 Å². The van der Waals surface area contributed by atoms with Gasteiger partial charge in [-0.3, -0.25) is 0 Å². The molecule has 1 aromatic carbocycles. The molecule has 0 amide bonds. The fourth-order valence-electron chi connectivity index (χ4n) is 2.29. The van der Waals surface area contributed by atoms with E-state index in [9.17, 15) is 5.11 Å². The zero-order chi connectivity index (χ0) is 13.8. The standard InChI is InChI=1S/C16H22N2O/c1-4-17-16-9-13(10-18-16)5-6-14-7-12(3)15(19)8-11(14)2/h7-10,17-19H,4-6H2,1-3H3. The van der Waals surface area contributed by atoms with Crippen LogP contribution < -0.4 is 5.32 Å². The molecular formula is C16H22N2O. The van der Waals surface area contributed by atoms with Crippen LogP contribution in [0.25, 0.3) is 0 Å². The Morgan fingerprint density at radius 3 is 2.63 bits per heavy atom. The van der Waals surface area contributed by atoms with Gasteiger partial charge in [0.05, 0.1) is 0 Å². The van der Waals surface area contributed by atoms with Crippen molar-refractivity contribution in [3.63, 3.8) is 0 Å². The molecule has 0 bridgehead atoms. The van der Waals surface area contributed by atoms with Gasteiger partial charge < -0.3 is 15.4 Å². The van der Waals surface area contributed by atoms with Crippen molar-refractivity contribution < 1.29 is 5.11 Å². The lowest BCUT2D eigenvalue weighted by atomic mass is 9.99. The van der Waals surface area contributed by atoms with E-state index in [0.29, 0.717) is 5.75 Å². The number of aromatic nitrogens is 1. The molecule has 3 nitrogen and oxygen atoms in total. The normalized spacial score (nSPS) is 10.7. The molecule has 3 heteroatoms. The summed E-state index contributed by atoms with van der Waals surface area (Å²) < 4.78 is 0. The molecule has 0 aliphatic carbocycles. The predicted octanol–water partition coefficient (Wildman–Crippen LogP) is 3.55. The summed E-state index contributed by atoms with van der Waals surface area (Å²) in [6.07, 6.45) is 4.06. The first-order chi connectivity index (χ1) is 9.10. The average molecular weight is 258 g/mol. The van der Waals surface area contributed by atoms with Gasteiger partial charge in [-0.05, 0) is 68.0 Å². The van der Waals surface area contributed by atoms with Gasteiger partial charge in [0.15, 0.2) is 0 Å². The number of aryl methyl sites for hydroxylation is 4. The quantitative estimate of drug-likeness (QED) is 0.768. The van der Waals surface area contributed by atoms with Gasteiger partial charge in [-0.15, -0.1) is 0 Å². The lowest BCUT2D eigenvalue weighted by Crippen LogP contribution is -1.96. The maximum absolute atomic E-state index is 9.66. The van der Waals surface area contributed by atoms with Crippen molar-refractivity contribution in [1.82, 2.24) is 4.98 Å². The molecule has 0 spiro atoms. The van der Waals surface area contributed by atoms with Crippen molar-refractivity contribution in [1.29, 1.82) is 0 Å². The van der Waals surface area contributed by atoms with Crippen molar-refractivity contribution in [3.05, 3.63) is 46.6 Å². The number of nitrogens with one attached hydrogen (secondary N) is 2. The summed E-state index contributed by atoms with van der Waals surface area (Å²) in [4.78, 5) is 3.23. The third kappa shape index (κ3) is 3.31. The van der Waals surface area contributed by atoms with Crippen molar-refractivity contribution in [3.8, 4) is 5.75 Å². The highest BCUT2D eigenvalue weighted by Gasteiger charge is 2.05. The van der Waals surface area contributed by atoms with Crippen LogP contribution in [0.3, 0.4) is 0 Å². The van der Waals surface area contributed by atoms with Crippen molar-refractivity contribution in [2.24, 2.45) is 0 Å². The summed E-state index contributed by atoms with van der Waals surface area (Å²) >= 11 is 0. The Balaban J connectivity index is 2.03. The molecule has 2 rings (SSSR count). The molecule has 0 saturated heterocycles. The first-order valence-corrected chi connectivity index (χ1v) is 6.80. The highest BCUT2D eigenvalue weighted by molar-refractivity contribution is 5.42. The number of phenols is 1. The molecule has 0 aliphatic rings. The summed E-state index contributed by atoms with van der Waals surface area (Å²) in [5.74, 6) is 1.47. The van der Waals surface area contributed by atoms with E-state index in [1.54, 1.807) is 0 Å². The van der Waals surface area contributed by atoms with Gasteiger partial charge in [-0.2, -0.15) is 0 Å². The number of aromatic amines is 1. The predicted molar refractivity (Wildman–Crippen MR) is 79.9 cm³/mol. The number of aromatic hydroxyl groups is 1. The van der Waals surface area contributed by atoms with E-state index in [0.717, 1.165) is 36.3 Å². The second-order valence-corrected chi connectivity index (χ2v) is 5.02. The number of phenolic OH excluding ortho intramolecular Hbond substituents is 1. The Bertz CT molecular complexity index is 558. The van der Waals surface area contributed by atoms with Crippen LogP contribution in [-0.4, -0.2) is 16.6 Å². The summed E-state index contributed by atoms with van der Waals surface area (Å²) in [7, 11) is 0. The SMILES string of the molecule is CCNc1cc(CCc2cc(C)c(O)cc2C)c[nH]1. The van der Waals surface area contributed by atoms with E-state index >= 15 is 0 Å². The maximum atomic E-state index is 9.66. The van der Waals surface area contributed by atoms with E-state index in [1.807, 2.05) is 13.0 Å². The lowest BCUT2D eigenvalue weighted by Gasteiger charge is -2.08. The smallest absolute Gasteiger partial charge is 0.118 e. The monoisotopic (exact) mass is 258 g/mol. The molecule has 0 radical (unpaired) electrons. The third-order valence-electron chi connectivity index (χ3n) is 3.45. The van der Waals surface area contributed by atoms with Crippen LogP contribution in [0, 0.1) is 13.8 Å². The van der Waals surface area contributed by atoms with Crippen LogP contribution >= 0.6 is 0 Å². The molecule has 0 unspecified atom stereocenters. The lowest BCUT2D eigenvalue weighted by molar-refractivity contribution is 0.470. The van der Waals surface area contributed by atoms with Crippen molar-refractivity contribution in [2.75, 3.05) is 11.9 Å². The van der Waals surface area contributed by atoms with Crippen LogP contribution in [-0.2, 0) is 12.8 Å². The van der Waals surface area contributed by atoms with Gasteiger partial charge in [0.25, 0.3) is 0 Å². The minimum Gasteiger partial charge on any atom is -0.508 e. The molecule has 19 heavy (non-hydrogen) atoms. The maximum Gasteiger partial charge on any atom is 0.118 e. The topological polar surface area (TPSA) is 48.0 Å². The van der Waals surface area contributed by atoms with Crippen LogP contribution in [0.5, 0.6) is 5.75 Å². The number of hydrogen-bond donors (Lipinski definition) is 3. The number of rotatable bonds is 5. The molecule has 0 saturated carbocycles. The summed E-state index contributed by atoms with van der Waals surface area (Å²) in [5.41, 5.74) is 4.72. The van der Waals surface area contributed by atoms with Crippen LogP contribution in [0.2, 0.25) is 0 Å². The van der Waals surface area contributed by atoms with Gasteiger partial charge in [0, 0.05) is 12.7 Å². The Labute approximate surface area is 114 Å². The van der Waals surface area contributed by atoms with E-state index in [-0.39, 0.29) is 0 Å². The Morgan fingerprint density at radius 1 is 1.11 bits per heavy atom. The fourth-order valence-corrected chi connectivity index (χ4v) is 2.29. The first kappa shape index (κ1) is 13.5. The summed E-state index contributed by atoms with van der Waals surface area (Å²) in [6, 6.07) is 6.10. The Hall–Kier alpha value is -1.90. The molecule has 0 atom stereocenters. The minimum atomic E-state index is 0.386. The van der Waals surface area contributed by atoms with Crippen molar-refractivity contribution in [2.45, 2.75) is 33.6 Å². The Morgan fingerprint density at radius 2 is 1.89 bits per heavy atom. The van der Waals surface area contributed by atoms with Gasteiger partial charge in [0.1, 0.15) is 11.6 Å². The number of anilines is 1. The number of H-pyrrole nitrogens is 1. The second-order valence-electron chi connectivity index (χ2n) is 5.02. The highest BCUT2D eigenvalue weighted by atomic mass is 16.3. The van der Waals surface area contributed by atoms with Gasteiger partial charge in [0.2, 0.25) is 0 Å². The number of hydrogen-bond acceptors (Lipinski definition) is 2. The van der Waals surface area contributed by atoms with Crippen LogP contribution in [0.4, 0.5) is 5.82 Å². The van der Waals surface area contributed by atoms with E-state index < -0.39 is 0 Å². The summed E-state index contributed by atoms with van der Waals surface area (Å²) in [5, 5.41) is 12.9. The zero-order valence-corrected chi connectivity index (χ0v) is 11.9. The molecular weight excluding hydrogens is 236 g/mol. The van der Waals surface area contributed by atoms with Gasteiger partial charge in [-0.25, -0.2) is 0 Å². The molecule has 0 fully saturated rings. The average Bonchev–Trinajstić information content (AvgIpc) is 2.80. The molecule has 0 aliphatic heterocycles. The Kier molecular flexibility index (Phi) is 4.15. The summed E-state index contributed by atoms with van der Waals surface area (Å²) in [6.45, 7) is 7.01. The molecule has 102 valence electrons. The van der Waals surface area contributed by atoms with Crippen LogP contribution in [0.15, 0.2) is 24.4 Å². The highest BCUT2D eigenvalue weighted by Crippen LogP contribution is 2.22. The van der Waals surface area contributed by atoms with Gasteiger partial charge in [-0.1, -0.05) is 6.07 Å². The first-order valence-electron chi connectivity index (χ1n) is 6.80. The molecule has 3 N–H and O–H groups in total. The molecule has 2 aromatic rings. The largest absolute Gasteiger partial charge is 0.508 e. The molecule has 1 aromatic heterocycles. The van der Waals surface area contributed by atoms with Crippen LogP contribution in [0.1, 0.15) is 29.2 Å². The molecule has 1 heterocycles. The van der Waals surface area contributed by atoms with Crippen molar-refractivity contribution >= 4 is 5.82 Å². The fraction of sp³-hybridized carbons (Fsp3) is 0.375.